The van der Waals surface area contributed by atoms with Crippen LogP contribution in [0.5, 0.6) is 0 Å². The third-order valence-electron chi connectivity index (χ3n) is 3.29. The summed E-state index contributed by atoms with van der Waals surface area (Å²) in [6, 6.07) is 3.07. The molecule has 1 atom stereocenters. The van der Waals surface area contributed by atoms with Crippen molar-refractivity contribution in [2.75, 3.05) is 6.61 Å². The van der Waals surface area contributed by atoms with Crippen LogP contribution in [0.25, 0.3) is 11.3 Å². The summed E-state index contributed by atoms with van der Waals surface area (Å²) in [6.07, 6.45) is 2.26. The number of nitrogens with zero attached hydrogens (tertiary/aromatic N) is 1. The van der Waals surface area contributed by atoms with E-state index < -0.39 is 11.6 Å². The third-order valence-corrected chi connectivity index (χ3v) is 3.29. The molecule has 0 bridgehead atoms. The van der Waals surface area contributed by atoms with Crippen LogP contribution in [0.4, 0.5) is 8.78 Å². The lowest BCUT2D eigenvalue weighted by atomic mass is 10.2. The highest BCUT2D eigenvalue weighted by molar-refractivity contribution is 5.76. The van der Waals surface area contributed by atoms with E-state index in [1.54, 1.807) is 6.92 Å². The maximum Gasteiger partial charge on any atom is 0.220 e. The minimum absolute atomic E-state index is 0.00772. The third kappa shape index (κ3) is 4.85. The van der Waals surface area contributed by atoms with Gasteiger partial charge in [0.05, 0.1) is 11.8 Å². The maximum atomic E-state index is 13.7. The molecule has 0 aliphatic heterocycles. The van der Waals surface area contributed by atoms with Crippen molar-refractivity contribution in [1.29, 1.82) is 0 Å². The second kappa shape index (κ2) is 7.82. The highest BCUT2D eigenvalue weighted by Gasteiger charge is 2.13. The van der Waals surface area contributed by atoms with Crippen LogP contribution in [0.3, 0.4) is 0 Å². The van der Waals surface area contributed by atoms with Crippen molar-refractivity contribution in [3.63, 3.8) is 0 Å². The summed E-state index contributed by atoms with van der Waals surface area (Å²) in [7, 11) is 0. The van der Waals surface area contributed by atoms with E-state index in [9.17, 15) is 13.6 Å². The van der Waals surface area contributed by atoms with Crippen LogP contribution in [0.15, 0.2) is 28.8 Å². The molecule has 5 nitrogen and oxygen atoms in total. The van der Waals surface area contributed by atoms with E-state index in [2.05, 4.69) is 10.3 Å². The Balaban J connectivity index is 1.93. The van der Waals surface area contributed by atoms with Gasteiger partial charge in [-0.15, -0.1) is 0 Å². The zero-order chi connectivity index (χ0) is 16.8. The van der Waals surface area contributed by atoms with Crippen LogP contribution in [0.2, 0.25) is 0 Å². The number of benzene rings is 1. The van der Waals surface area contributed by atoms with Gasteiger partial charge in [0.15, 0.2) is 11.7 Å². The minimum atomic E-state index is -0.733. The number of carbonyl (C=O) groups is 1. The van der Waals surface area contributed by atoms with Gasteiger partial charge in [-0.25, -0.2) is 13.8 Å². The molecule has 23 heavy (non-hydrogen) atoms. The van der Waals surface area contributed by atoms with Crippen molar-refractivity contribution in [3.8, 4) is 11.3 Å². The molecule has 0 saturated heterocycles. The molecule has 1 aromatic heterocycles. The molecular formula is C16H18F2N2O3. The number of halogens is 2. The second-order valence-corrected chi connectivity index (χ2v) is 5.22. The quantitative estimate of drug-likeness (QED) is 0.820. The second-order valence-electron chi connectivity index (χ2n) is 5.22. The Morgan fingerprint density at radius 1 is 1.43 bits per heavy atom. The Morgan fingerprint density at radius 2 is 2.22 bits per heavy atom. The van der Waals surface area contributed by atoms with Gasteiger partial charge in [0.1, 0.15) is 11.6 Å². The molecule has 1 heterocycles. The zero-order valence-electron chi connectivity index (χ0n) is 12.7. The monoisotopic (exact) mass is 324 g/mol. The van der Waals surface area contributed by atoms with Gasteiger partial charge in [-0.1, -0.05) is 0 Å². The standard InChI is InChI=1S/C16H18F2N2O3/c1-10(6-7-21)20-15(22)4-5-16-19-9-14(23-16)12-3-2-11(17)8-13(12)18/h2-3,8-10,21H,4-7H2,1H3,(H,20,22). The summed E-state index contributed by atoms with van der Waals surface area (Å²) >= 11 is 0. The molecule has 0 fully saturated rings. The van der Waals surface area contributed by atoms with Gasteiger partial charge in [-0.3, -0.25) is 4.79 Å². The Morgan fingerprint density at radius 3 is 2.91 bits per heavy atom. The van der Waals surface area contributed by atoms with Gasteiger partial charge in [0, 0.05) is 31.6 Å². The van der Waals surface area contributed by atoms with Crippen molar-refractivity contribution in [2.24, 2.45) is 0 Å². The summed E-state index contributed by atoms with van der Waals surface area (Å²) in [5, 5.41) is 11.5. The fraction of sp³-hybridized carbons (Fsp3) is 0.375. The molecule has 1 unspecified atom stereocenters. The van der Waals surface area contributed by atoms with E-state index in [-0.39, 0.29) is 42.7 Å². The fourth-order valence-electron chi connectivity index (χ4n) is 2.07. The van der Waals surface area contributed by atoms with E-state index in [1.807, 2.05) is 0 Å². The summed E-state index contributed by atoms with van der Waals surface area (Å²) in [5.41, 5.74) is 0.117. The predicted octanol–water partition coefficient (Wildman–Crippen LogP) is 2.44. The average Bonchev–Trinajstić information content (AvgIpc) is 2.94. The van der Waals surface area contributed by atoms with Crippen LogP contribution < -0.4 is 5.32 Å². The van der Waals surface area contributed by atoms with E-state index in [0.29, 0.717) is 12.3 Å². The molecule has 2 rings (SSSR count). The molecule has 2 N–H and O–H groups in total. The highest BCUT2D eigenvalue weighted by atomic mass is 19.1. The zero-order valence-corrected chi connectivity index (χ0v) is 12.7. The number of carbonyl (C=O) groups excluding carboxylic acids is 1. The smallest absolute Gasteiger partial charge is 0.220 e. The SMILES string of the molecule is CC(CCO)NC(=O)CCc1ncc(-c2ccc(F)cc2F)o1. The number of rotatable bonds is 7. The molecule has 1 aromatic carbocycles. The fourth-order valence-corrected chi connectivity index (χ4v) is 2.07. The first kappa shape index (κ1) is 17.1. The molecule has 2 aromatic rings. The summed E-state index contributed by atoms with van der Waals surface area (Å²) < 4.78 is 32.0. The maximum absolute atomic E-state index is 13.7. The van der Waals surface area contributed by atoms with Crippen molar-refractivity contribution in [3.05, 3.63) is 41.9 Å². The number of amides is 1. The molecule has 7 heteroatoms. The first-order chi connectivity index (χ1) is 11.0. The number of aliphatic hydroxyl groups excluding tert-OH is 1. The van der Waals surface area contributed by atoms with E-state index in [0.717, 1.165) is 12.1 Å². The first-order valence-electron chi connectivity index (χ1n) is 7.30. The minimum Gasteiger partial charge on any atom is -0.441 e. The molecule has 0 aliphatic rings. The van der Waals surface area contributed by atoms with Crippen molar-refractivity contribution in [1.82, 2.24) is 10.3 Å². The van der Waals surface area contributed by atoms with Crippen LogP contribution in [0, 0.1) is 11.6 Å². The number of hydrogen-bond donors (Lipinski definition) is 2. The van der Waals surface area contributed by atoms with Crippen LogP contribution in [-0.4, -0.2) is 28.6 Å². The summed E-state index contributed by atoms with van der Waals surface area (Å²) in [5.74, 6) is -1.10. The Labute approximate surface area is 132 Å². The van der Waals surface area contributed by atoms with Crippen LogP contribution in [-0.2, 0) is 11.2 Å². The van der Waals surface area contributed by atoms with Crippen molar-refractivity contribution >= 4 is 5.91 Å². The van der Waals surface area contributed by atoms with Gasteiger partial charge in [0.25, 0.3) is 0 Å². The summed E-state index contributed by atoms with van der Waals surface area (Å²) in [6.45, 7) is 1.81. The van der Waals surface area contributed by atoms with E-state index in [1.165, 1.54) is 12.3 Å². The topological polar surface area (TPSA) is 75.4 Å². The summed E-state index contributed by atoms with van der Waals surface area (Å²) in [4.78, 5) is 15.7. The molecule has 0 aliphatic carbocycles. The molecule has 1 amide bonds. The molecule has 0 radical (unpaired) electrons. The van der Waals surface area contributed by atoms with Gasteiger partial charge in [-0.2, -0.15) is 0 Å². The molecule has 0 saturated carbocycles. The number of aryl methyl sites for hydroxylation is 1. The Bertz CT molecular complexity index is 673. The number of nitrogens with one attached hydrogen (secondary N) is 1. The average molecular weight is 324 g/mol. The highest BCUT2D eigenvalue weighted by Crippen LogP contribution is 2.24. The first-order valence-corrected chi connectivity index (χ1v) is 7.30. The Hall–Kier alpha value is -2.28. The van der Waals surface area contributed by atoms with Crippen molar-refractivity contribution < 1.29 is 23.1 Å². The number of hydrogen-bond acceptors (Lipinski definition) is 4. The lowest BCUT2D eigenvalue weighted by Crippen LogP contribution is -2.33. The molecular weight excluding hydrogens is 306 g/mol. The predicted molar refractivity (Wildman–Crippen MR) is 79.5 cm³/mol. The van der Waals surface area contributed by atoms with E-state index >= 15 is 0 Å². The van der Waals surface area contributed by atoms with Gasteiger partial charge in [-0.05, 0) is 25.5 Å². The number of aliphatic hydroxyl groups is 1. The van der Waals surface area contributed by atoms with Crippen LogP contribution >= 0.6 is 0 Å². The van der Waals surface area contributed by atoms with Gasteiger partial charge in [0.2, 0.25) is 5.91 Å². The normalized spacial score (nSPS) is 12.2. The number of oxazole rings is 1. The largest absolute Gasteiger partial charge is 0.441 e. The molecule has 124 valence electrons. The number of aromatic nitrogens is 1. The lowest BCUT2D eigenvalue weighted by molar-refractivity contribution is -0.121. The Kier molecular flexibility index (Phi) is 5.81. The van der Waals surface area contributed by atoms with Crippen molar-refractivity contribution in [2.45, 2.75) is 32.2 Å². The lowest BCUT2D eigenvalue weighted by Gasteiger charge is -2.11. The van der Waals surface area contributed by atoms with Gasteiger partial charge >= 0.3 is 0 Å². The van der Waals surface area contributed by atoms with Gasteiger partial charge < -0.3 is 14.8 Å². The molecule has 0 spiro atoms. The van der Waals surface area contributed by atoms with E-state index in [4.69, 9.17) is 9.52 Å². The van der Waals surface area contributed by atoms with Crippen LogP contribution in [0.1, 0.15) is 25.7 Å².